The minimum Gasteiger partial charge on any atom is -0.348 e. The molecule has 2 aromatic rings. The van der Waals surface area contributed by atoms with Crippen LogP contribution in [-0.2, 0) is 17.4 Å². The number of carbonyl (C=O) groups excluding carboxylic acids is 1. The maximum absolute atomic E-state index is 12.5. The summed E-state index contributed by atoms with van der Waals surface area (Å²) in [5.41, 5.74) is 0.768. The Bertz CT molecular complexity index is 699. The highest BCUT2D eigenvalue weighted by Gasteiger charge is 2.29. The summed E-state index contributed by atoms with van der Waals surface area (Å²) in [7, 11) is 0. The molecule has 2 rings (SSSR count). The van der Waals surface area contributed by atoms with E-state index in [0.29, 0.717) is 18.2 Å². The van der Waals surface area contributed by atoms with Gasteiger partial charge in [0, 0.05) is 43.0 Å². The molecule has 0 saturated carbocycles. The molecule has 0 aliphatic heterocycles. The van der Waals surface area contributed by atoms with Crippen molar-refractivity contribution in [1.29, 1.82) is 0 Å². The first-order valence-corrected chi connectivity index (χ1v) is 9.52. The average molecular weight is 396 g/mol. The van der Waals surface area contributed by atoms with Crippen molar-refractivity contribution in [2.75, 3.05) is 11.9 Å². The number of unbranched alkanes of at least 4 members (excludes halogenated alkanes) is 2. The van der Waals surface area contributed by atoms with Gasteiger partial charge in [-0.05, 0) is 44.0 Å². The predicted molar refractivity (Wildman–Crippen MR) is 103 cm³/mol. The van der Waals surface area contributed by atoms with Gasteiger partial charge in [0.2, 0.25) is 5.91 Å². The van der Waals surface area contributed by atoms with Crippen molar-refractivity contribution in [1.82, 2.24) is 15.3 Å². The molecule has 1 aromatic heterocycles. The number of aromatic amines is 1. The fourth-order valence-electron chi connectivity index (χ4n) is 2.86. The maximum atomic E-state index is 12.5. The van der Waals surface area contributed by atoms with Crippen LogP contribution in [0.4, 0.5) is 18.9 Å². The molecule has 28 heavy (non-hydrogen) atoms. The number of carbonyl (C=O) groups is 1. The normalized spacial score (nSPS) is 12.7. The molecular weight excluding hydrogens is 369 g/mol. The van der Waals surface area contributed by atoms with Crippen LogP contribution in [0.1, 0.15) is 50.3 Å². The van der Waals surface area contributed by atoms with Gasteiger partial charge in [-0.25, -0.2) is 4.98 Å². The zero-order valence-electron chi connectivity index (χ0n) is 16.0. The lowest BCUT2D eigenvalue weighted by molar-refractivity contribution is -0.137. The lowest BCUT2D eigenvalue weighted by Crippen LogP contribution is -2.28. The van der Waals surface area contributed by atoms with E-state index in [9.17, 15) is 18.0 Å². The Morgan fingerprint density at radius 2 is 1.93 bits per heavy atom. The molecule has 1 unspecified atom stereocenters. The van der Waals surface area contributed by atoms with Gasteiger partial charge < -0.3 is 15.6 Å². The number of hydrogen-bond donors (Lipinski definition) is 3. The number of imidazole rings is 1. The van der Waals surface area contributed by atoms with Crippen LogP contribution in [0.3, 0.4) is 0 Å². The van der Waals surface area contributed by atoms with Crippen molar-refractivity contribution in [2.24, 2.45) is 0 Å². The number of nitrogens with zero attached hydrogens (tertiary/aromatic N) is 1. The highest BCUT2D eigenvalue weighted by molar-refractivity contribution is 5.90. The molecule has 0 fully saturated rings. The molecule has 1 atom stereocenters. The molecule has 0 aliphatic rings. The summed E-state index contributed by atoms with van der Waals surface area (Å²) in [5.74, 6) is -0.175. The summed E-state index contributed by atoms with van der Waals surface area (Å²) in [5, 5.41) is 6.10. The summed E-state index contributed by atoms with van der Waals surface area (Å²) in [6.45, 7) is 3.03. The van der Waals surface area contributed by atoms with E-state index in [-0.39, 0.29) is 5.91 Å². The smallest absolute Gasteiger partial charge is 0.348 e. The first kappa shape index (κ1) is 21.9. The van der Waals surface area contributed by atoms with Crippen LogP contribution in [0.25, 0.3) is 0 Å². The van der Waals surface area contributed by atoms with Crippen molar-refractivity contribution < 1.29 is 18.0 Å². The number of benzene rings is 1. The largest absolute Gasteiger partial charge is 0.416 e. The minimum absolute atomic E-state index is 0.175. The van der Waals surface area contributed by atoms with Crippen LogP contribution in [0.5, 0.6) is 0 Å². The van der Waals surface area contributed by atoms with Gasteiger partial charge in [0.05, 0.1) is 11.9 Å². The molecular formula is C20H27F3N4O. The highest BCUT2D eigenvalue weighted by atomic mass is 19.4. The molecule has 0 saturated heterocycles. The number of anilines is 1. The fourth-order valence-corrected chi connectivity index (χ4v) is 2.86. The van der Waals surface area contributed by atoms with Gasteiger partial charge in [-0.2, -0.15) is 13.2 Å². The number of H-pyrrole nitrogens is 1. The number of halogens is 3. The summed E-state index contributed by atoms with van der Waals surface area (Å²) in [4.78, 5) is 18.9. The SMILES string of the molecule is CC(CCCCCC(=O)Nc1ccc(C(F)(F)F)cc1)NCCc1cnc[nH]1. The highest BCUT2D eigenvalue weighted by Crippen LogP contribution is 2.29. The third-order valence-electron chi connectivity index (χ3n) is 4.48. The van der Waals surface area contributed by atoms with Crippen molar-refractivity contribution in [3.8, 4) is 0 Å². The summed E-state index contributed by atoms with van der Waals surface area (Å²) >= 11 is 0. The number of aromatic nitrogens is 2. The molecule has 0 aliphatic carbocycles. The molecule has 0 bridgehead atoms. The first-order valence-electron chi connectivity index (χ1n) is 9.52. The molecule has 1 heterocycles. The zero-order valence-corrected chi connectivity index (χ0v) is 16.0. The second-order valence-corrected chi connectivity index (χ2v) is 6.90. The Hall–Kier alpha value is -2.35. The fraction of sp³-hybridized carbons (Fsp3) is 0.500. The van der Waals surface area contributed by atoms with Gasteiger partial charge in [-0.15, -0.1) is 0 Å². The predicted octanol–water partition coefficient (Wildman–Crippen LogP) is 4.54. The van der Waals surface area contributed by atoms with E-state index >= 15 is 0 Å². The van der Waals surface area contributed by atoms with Gasteiger partial charge >= 0.3 is 6.18 Å². The minimum atomic E-state index is -4.37. The second-order valence-electron chi connectivity index (χ2n) is 6.90. The number of alkyl halides is 3. The van der Waals surface area contributed by atoms with Crippen molar-refractivity contribution in [3.63, 3.8) is 0 Å². The van der Waals surface area contributed by atoms with Gasteiger partial charge in [-0.1, -0.05) is 12.8 Å². The van der Waals surface area contributed by atoms with Crippen LogP contribution >= 0.6 is 0 Å². The zero-order chi connectivity index (χ0) is 20.4. The van der Waals surface area contributed by atoms with Crippen molar-refractivity contribution >= 4 is 11.6 Å². The number of rotatable bonds is 11. The number of amides is 1. The van der Waals surface area contributed by atoms with Gasteiger partial charge in [0.15, 0.2) is 0 Å². The molecule has 8 heteroatoms. The molecule has 0 radical (unpaired) electrons. The Labute approximate surface area is 163 Å². The Kier molecular flexibility index (Phi) is 8.50. The molecule has 0 spiro atoms. The molecule has 1 amide bonds. The third kappa shape index (κ3) is 8.12. The van der Waals surface area contributed by atoms with Crippen molar-refractivity contribution in [2.45, 2.75) is 57.7 Å². The standard InChI is InChI=1S/C20H27F3N4O/c1-15(25-12-11-18-13-24-14-26-18)5-3-2-4-6-19(28)27-17-9-7-16(8-10-17)20(21,22)23/h7-10,13-15,25H,2-6,11-12H2,1H3,(H,24,26)(H,27,28). The first-order chi connectivity index (χ1) is 13.3. The number of nitrogens with one attached hydrogen (secondary N) is 3. The van der Waals surface area contributed by atoms with Crippen LogP contribution < -0.4 is 10.6 Å². The molecule has 1 aromatic carbocycles. The summed E-state index contributed by atoms with van der Waals surface area (Å²) < 4.78 is 37.5. The van der Waals surface area contributed by atoms with E-state index in [1.54, 1.807) is 6.33 Å². The summed E-state index contributed by atoms with van der Waals surface area (Å²) in [6.07, 6.45) is 4.15. The maximum Gasteiger partial charge on any atom is 0.416 e. The van der Waals surface area contributed by atoms with E-state index in [0.717, 1.165) is 56.5 Å². The van der Waals surface area contributed by atoms with E-state index in [1.807, 2.05) is 6.20 Å². The third-order valence-corrected chi connectivity index (χ3v) is 4.48. The Morgan fingerprint density at radius 1 is 1.18 bits per heavy atom. The second kappa shape index (κ2) is 10.8. The quantitative estimate of drug-likeness (QED) is 0.489. The Morgan fingerprint density at radius 3 is 2.57 bits per heavy atom. The molecule has 154 valence electrons. The van der Waals surface area contributed by atoms with Crippen LogP contribution in [0.15, 0.2) is 36.8 Å². The van der Waals surface area contributed by atoms with Gasteiger partial charge in [0.1, 0.15) is 0 Å². The van der Waals surface area contributed by atoms with E-state index < -0.39 is 11.7 Å². The van der Waals surface area contributed by atoms with Gasteiger partial charge in [-0.3, -0.25) is 4.79 Å². The average Bonchev–Trinajstić information content (AvgIpc) is 3.14. The Balaban J connectivity index is 1.53. The lowest BCUT2D eigenvalue weighted by Gasteiger charge is -2.13. The topological polar surface area (TPSA) is 69.8 Å². The monoisotopic (exact) mass is 396 g/mol. The van der Waals surface area contributed by atoms with E-state index in [4.69, 9.17) is 0 Å². The van der Waals surface area contributed by atoms with Gasteiger partial charge in [0.25, 0.3) is 0 Å². The van der Waals surface area contributed by atoms with Crippen LogP contribution in [0, 0.1) is 0 Å². The molecule has 5 nitrogen and oxygen atoms in total. The van der Waals surface area contributed by atoms with Crippen molar-refractivity contribution in [3.05, 3.63) is 48.0 Å². The van der Waals surface area contributed by atoms with Crippen LogP contribution in [-0.4, -0.2) is 28.5 Å². The number of hydrogen-bond acceptors (Lipinski definition) is 3. The lowest BCUT2D eigenvalue weighted by atomic mass is 10.1. The summed E-state index contributed by atoms with van der Waals surface area (Å²) in [6, 6.07) is 4.89. The molecule has 3 N–H and O–H groups in total. The van der Waals surface area contributed by atoms with E-state index in [2.05, 4.69) is 27.5 Å². The van der Waals surface area contributed by atoms with Crippen LogP contribution in [0.2, 0.25) is 0 Å². The van der Waals surface area contributed by atoms with E-state index in [1.165, 1.54) is 12.1 Å².